The van der Waals surface area contributed by atoms with Gasteiger partial charge < -0.3 is 23.5 Å². The first-order chi connectivity index (χ1) is 16.1. The van der Waals surface area contributed by atoms with E-state index in [-0.39, 0.29) is 22.8 Å². The fourth-order valence-electron chi connectivity index (χ4n) is 4.18. The summed E-state index contributed by atoms with van der Waals surface area (Å²) in [5, 5.41) is 1.67. The molecular weight excluding hydrogens is 442 g/mol. The molecule has 0 saturated carbocycles. The van der Waals surface area contributed by atoms with Crippen molar-refractivity contribution in [1.29, 1.82) is 0 Å². The molecule has 0 spiro atoms. The van der Waals surface area contributed by atoms with Gasteiger partial charge in [0, 0.05) is 44.0 Å². The smallest absolute Gasteiger partial charge is 0.342 e. The first-order valence-electron chi connectivity index (χ1n) is 10.3. The predicted octanol–water partition coefficient (Wildman–Crippen LogP) is 4.05. The summed E-state index contributed by atoms with van der Waals surface area (Å²) in [4.78, 5) is 48.8. The molecule has 34 heavy (non-hydrogen) atoms. The Bertz CT molecular complexity index is 1530. The molecule has 4 rings (SSSR count). The van der Waals surface area contributed by atoms with Crippen LogP contribution in [-0.4, -0.2) is 35.6 Å². The Labute approximate surface area is 193 Å². The summed E-state index contributed by atoms with van der Waals surface area (Å²) in [6.45, 7) is 3.75. The molecule has 0 N–H and O–H groups in total. The number of hydrogen-bond donors (Lipinski definition) is 0. The summed E-state index contributed by atoms with van der Waals surface area (Å²) in [5.41, 5.74) is 0.909. The molecule has 0 saturated heterocycles. The van der Waals surface area contributed by atoms with Crippen molar-refractivity contribution < 1.29 is 38.1 Å². The molecule has 0 aliphatic rings. The van der Waals surface area contributed by atoms with Crippen LogP contribution < -0.4 is 14.2 Å². The van der Waals surface area contributed by atoms with E-state index in [2.05, 4.69) is 0 Å². The fraction of sp³-hybridized carbons (Fsp3) is 0.200. The summed E-state index contributed by atoms with van der Waals surface area (Å²) in [6.07, 6.45) is 0. The van der Waals surface area contributed by atoms with Crippen molar-refractivity contribution in [3.8, 4) is 17.2 Å². The van der Waals surface area contributed by atoms with Crippen LogP contribution >= 0.6 is 0 Å². The van der Waals surface area contributed by atoms with Gasteiger partial charge >= 0.3 is 23.9 Å². The second kappa shape index (κ2) is 8.51. The lowest BCUT2D eigenvalue weighted by Gasteiger charge is -2.15. The summed E-state index contributed by atoms with van der Waals surface area (Å²) in [7, 11) is 2.92. The van der Waals surface area contributed by atoms with E-state index < -0.39 is 23.9 Å². The monoisotopic (exact) mass is 463 g/mol. The highest BCUT2D eigenvalue weighted by Gasteiger charge is 2.29. The van der Waals surface area contributed by atoms with Crippen LogP contribution in [0.15, 0.2) is 36.4 Å². The maximum Gasteiger partial charge on any atom is 0.342 e. The van der Waals surface area contributed by atoms with Crippen LogP contribution in [0.1, 0.15) is 31.1 Å². The molecule has 0 fully saturated rings. The van der Waals surface area contributed by atoms with Crippen LogP contribution in [0.4, 0.5) is 0 Å². The largest absolute Gasteiger partial charge is 0.465 e. The summed E-state index contributed by atoms with van der Waals surface area (Å²) < 4.78 is 23.3. The Hall–Kier alpha value is -4.40. The Morgan fingerprint density at radius 2 is 1.29 bits per heavy atom. The number of benzene rings is 3. The molecule has 0 bridgehead atoms. The van der Waals surface area contributed by atoms with Crippen LogP contribution in [0.2, 0.25) is 0 Å². The molecule has 3 aromatic carbocycles. The van der Waals surface area contributed by atoms with Crippen molar-refractivity contribution in [2.24, 2.45) is 7.05 Å². The molecule has 0 atom stereocenters. The number of rotatable bonds is 4. The van der Waals surface area contributed by atoms with Crippen LogP contribution in [-0.2, 0) is 26.2 Å². The lowest BCUT2D eigenvalue weighted by molar-refractivity contribution is -0.132. The van der Waals surface area contributed by atoms with Gasteiger partial charge in [0.05, 0.1) is 23.5 Å². The first-order valence-corrected chi connectivity index (χ1v) is 10.3. The highest BCUT2D eigenvalue weighted by atomic mass is 16.5. The lowest BCUT2D eigenvalue weighted by Crippen LogP contribution is -2.10. The maximum absolute atomic E-state index is 12.9. The number of carbonyl (C=O) groups excluding carboxylic acids is 4. The van der Waals surface area contributed by atoms with Gasteiger partial charge in [0.1, 0.15) is 17.1 Å². The topological polar surface area (TPSA) is 110 Å². The highest BCUT2D eigenvalue weighted by Crippen LogP contribution is 2.49. The maximum atomic E-state index is 12.9. The van der Waals surface area contributed by atoms with E-state index >= 15 is 0 Å². The Morgan fingerprint density at radius 1 is 0.735 bits per heavy atom. The first kappa shape index (κ1) is 22.8. The third-order valence-electron chi connectivity index (χ3n) is 5.32. The van der Waals surface area contributed by atoms with Gasteiger partial charge in [0.15, 0.2) is 5.75 Å². The van der Waals surface area contributed by atoms with Crippen molar-refractivity contribution >= 4 is 56.5 Å². The number of hydrogen-bond acceptors (Lipinski definition) is 8. The summed E-state index contributed by atoms with van der Waals surface area (Å²) in [5.74, 6) is -2.14. The average Bonchev–Trinajstić information content (AvgIpc) is 3.07. The van der Waals surface area contributed by atoms with Crippen LogP contribution in [0.25, 0.3) is 32.6 Å². The van der Waals surface area contributed by atoms with E-state index in [1.165, 1.54) is 33.9 Å². The predicted molar refractivity (Wildman–Crippen MR) is 123 cm³/mol. The number of methoxy groups -OCH3 is 1. The molecule has 0 unspecified atom stereocenters. The molecule has 0 aliphatic carbocycles. The molecule has 1 heterocycles. The summed E-state index contributed by atoms with van der Waals surface area (Å²) >= 11 is 0. The molecule has 0 amide bonds. The molecular formula is C25H21NO8. The number of esters is 4. The van der Waals surface area contributed by atoms with E-state index in [9.17, 15) is 19.2 Å². The molecule has 174 valence electrons. The lowest BCUT2D eigenvalue weighted by atomic mass is 10.00. The Balaban J connectivity index is 2.35. The van der Waals surface area contributed by atoms with Gasteiger partial charge in [-0.05, 0) is 12.1 Å². The molecule has 9 heteroatoms. The Kier molecular flexibility index (Phi) is 5.70. The summed E-state index contributed by atoms with van der Waals surface area (Å²) in [6, 6.07) is 10.1. The normalized spacial score (nSPS) is 11.0. The minimum Gasteiger partial charge on any atom is -0.465 e. The molecule has 1 aromatic heterocycles. The van der Waals surface area contributed by atoms with Crippen molar-refractivity contribution in [3.05, 3.63) is 42.0 Å². The van der Waals surface area contributed by atoms with Gasteiger partial charge in [-0.3, -0.25) is 14.4 Å². The van der Waals surface area contributed by atoms with E-state index in [0.29, 0.717) is 32.6 Å². The van der Waals surface area contributed by atoms with Crippen LogP contribution in [0, 0.1) is 0 Å². The third kappa shape index (κ3) is 3.61. The zero-order valence-electron chi connectivity index (χ0n) is 19.2. The molecule has 0 aliphatic heterocycles. The number of nitrogens with zero attached hydrogens (tertiary/aromatic N) is 1. The van der Waals surface area contributed by atoms with Gasteiger partial charge in [-0.25, -0.2) is 4.79 Å². The van der Waals surface area contributed by atoms with Gasteiger partial charge in [-0.15, -0.1) is 0 Å². The number of ether oxygens (including phenoxy) is 4. The quantitative estimate of drug-likeness (QED) is 0.329. The highest BCUT2D eigenvalue weighted by molar-refractivity contribution is 6.26. The van der Waals surface area contributed by atoms with Crippen molar-refractivity contribution in [1.82, 2.24) is 4.57 Å². The third-order valence-corrected chi connectivity index (χ3v) is 5.32. The standard InChI is InChI=1S/C25H21NO8/c1-12(27)32-18-11-10-17-19(20(18)25(30)31-5)21-22(26(17)4)24(34-14(3)29)16-9-7-6-8-15(16)23(21)33-13(2)28/h6-11H,1-5H3. The second-order valence-electron chi connectivity index (χ2n) is 7.59. The van der Waals surface area contributed by atoms with Gasteiger partial charge in [-0.1, -0.05) is 24.3 Å². The minimum atomic E-state index is -0.759. The minimum absolute atomic E-state index is 0.0182. The second-order valence-corrected chi connectivity index (χ2v) is 7.59. The van der Waals surface area contributed by atoms with Crippen LogP contribution in [0.5, 0.6) is 17.2 Å². The molecule has 0 radical (unpaired) electrons. The zero-order chi connectivity index (χ0) is 24.7. The number of carbonyl (C=O) groups is 4. The van der Waals surface area contributed by atoms with E-state index in [4.69, 9.17) is 18.9 Å². The zero-order valence-corrected chi connectivity index (χ0v) is 19.2. The van der Waals surface area contributed by atoms with E-state index in [1.807, 2.05) is 0 Å². The van der Waals surface area contributed by atoms with Gasteiger partial charge in [0.2, 0.25) is 0 Å². The SMILES string of the molecule is COC(=O)c1c(OC(C)=O)ccc2c1c1c(OC(C)=O)c3ccccc3c(OC(C)=O)c1n2C. The van der Waals surface area contributed by atoms with E-state index in [1.54, 1.807) is 41.9 Å². The van der Waals surface area contributed by atoms with Gasteiger partial charge in [-0.2, -0.15) is 0 Å². The van der Waals surface area contributed by atoms with E-state index in [0.717, 1.165) is 0 Å². The number of fused-ring (bicyclic) bond motifs is 4. The van der Waals surface area contributed by atoms with Crippen molar-refractivity contribution in [3.63, 3.8) is 0 Å². The average molecular weight is 463 g/mol. The fourth-order valence-corrected chi connectivity index (χ4v) is 4.18. The Morgan fingerprint density at radius 3 is 1.85 bits per heavy atom. The van der Waals surface area contributed by atoms with Crippen LogP contribution in [0.3, 0.4) is 0 Å². The molecule has 4 aromatic rings. The van der Waals surface area contributed by atoms with Gasteiger partial charge in [0.25, 0.3) is 0 Å². The molecule has 9 nitrogen and oxygen atoms in total. The number of aryl methyl sites for hydroxylation is 1. The number of aromatic nitrogens is 1. The van der Waals surface area contributed by atoms with Crippen molar-refractivity contribution in [2.75, 3.05) is 7.11 Å². The van der Waals surface area contributed by atoms with Crippen molar-refractivity contribution in [2.45, 2.75) is 20.8 Å².